The Kier molecular flexibility index (Phi) is 14.2. The highest BCUT2D eigenvalue weighted by Crippen LogP contribution is 2.16. The van der Waals surface area contributed by atoms with Gasteiger partial charge in [0.25, 0.3) is 0 Å². The molecule has 0 aliphatic rings. The van der Waals surface area contributed by atoms with Crippen molar-refractivity contribution >= 4 is 5.91 Å². The van der Waals surface area contributed by atoms with Gasteiger partial charge in [-0.15, -0.1) is 0 Å². The highest BCUT2D eigenvalue weighted by Gasteiger charge is 2.17. The summed E-state index contributed by atoms with van der Waals surface area (Å²) in [6.45, 7) is 3.00. The first-order valence-electron chi connectivity index (χ1n) is 13.1. The Balaban J connectivity index is 1.34. The number of carbonyl (C=O) groups excluding carboxylic acids is 1. The molecule has 0 bridgehead atoms. The molecule has 0 unspecified atom stereocenters. The maximum atomic E-state index is 12.1. The third-order valence-electron chi connectivity index (χ3n) is 6.35. The number of pyridine rings is 1. The van der Waals surface area contributed by atoms with Crippen LogP contribution in [0.15, 0.2) is 60.9 Å². The van der Waals surface area contributed by atoms with E-state index in [1.165, 1.54) is 64.2 Å². The van der Waals surface area contributed by atoms with Gasteiger partial charge in [0.2, 0.25) is 5.91 Å². The molecule has 2 N–H and O–H groups in total. The highest BCUT2D eigenvalue weighted by molar-refractivity contribution is 5.76. The second kappa shape index (κ2) is 17.3. The number of aromatic nitrogens is 1. The van der Waals surface area contributed by atoms with Gasteiger partial charge in [-0.3, -0.25) is 4.79 Å². The van der Waals surface area contributed by atoms with E-state index in [4.69, 9.17) is 0 Å². The van der Waals surface area contributed by atoms with E-state index in [9.17, 15) is 9.90 Å². The Bertz CT molecular complexity index is 736. The summed E-state index contributed by atoms with van der Waals surface area (Å²) in [5, 5.41) is 13.3. The number of hydrogen-bond acceptors (Lipinski definition) is 2. The van der Waals surface area contributed by atoms with E-state index in [1.54, 1.807) is 0 Å². The van der Waals surface area contributed by atoms with Crippen molar-refractivity contribution in [2.24, 2.45) is 0 Å². The second-order valence-corrected chi connectivity index (χ2v) is 9.32. The predicted octanol–water partition coefficient (Wildman–Crippen LogP) is 6.28. The molecule has 0 radical (unpaired) electrons. The van der Waals surface area contributed by atoms with Gasteiger partial charge in [0, 0.05) is 25.0 Å². The van der Waals surface area contributed by atoms with Crippen LogP contribution in [0, 0.1) is 0 Å². The van der Waals surface area contributed by atoms with E-state index in [0.717, 1.165) is 24.9 Å². The van der Waals surface area contributed by atoms with Crippen LogP contribution in [0.1, 0.15) is 102 Å². The zero-order chi connectivity index (χ0) is 23.6. The molecule has 0 aliphatic heterocycles. The Morgan fingerprint density at radius 3 is 1.82 bits per heavy atom. The molecule has 0 saturated heterocycles. The monoisotopic (exact) mass is 453 g/mol. The zero-order valence-electron chi connectivity index (χ0n) is 20.6. The van der Waals surface area contributed by atoms with Gasteiger partial charge in [-0.2, -0.15) is 0 Å². The Morgan fingerprint density at radius 1 is 0.758 bits per heavy atom. The molecule has 2 aromatic rings. The van der Waals surface area contributed by atoms with Crippen molar-refractivity contribution in [3.05, 3.63) is 66.5 Å². The maximum Gasteiger partial charge on any atom is 0.220 e. The lowest BCUT2D eigenvalue weighted by Gasteiger charge is -2.20. The Morgan fingerprint density at radius 2 is 1.24 bits per heavy atom. The van der Waals surface area contributed by atoms with Crippen molar-refractivity contribution in [1.29, 1.82) is 0 Å². The fourth-order valence-corrected chi connectivity index (χ4v) is 4.28. The van der Waals surface area contributed by atoms with Gasteiger partial charge in [0.15, 0.2) is 12.4 Å². The summed E-state index contributed by atoms with van der Waals surface area (Å²) in [5.74, 6) is 0.0415. The lowest BCUT2D eigenvalue weighted by Crippen LogP contribution is -2.36. The summed E-state index contributed by atoms with van der Waals surface area (Å²) in [4.78, 5) is 12.1. The molecule has 2 rings (SSSR count). The highest BCUT2D eigenvalue weighted by atomic mass is 16.3. The molecule has 0 aliphatic carbocycles. The number of aliphatic hydroxyl groups is 1. The van der Waals surface area contributed by atoms with Crippen LogP contribution in [0.2, 0.25) is 0 Å². The minimum absolute atomic E-state index is 0.0415. The van der Waals surface area contributed by atoms with Crippen LogP contribution >= 0.6 is 0 Å². The largest absolute Gasteiger partial charge is 0.386 e. The van der Waals surface area contributed by atoms with Gasteiger partial charge in [0.1, 0.15) is 6.54 Å². The molecule has 0 fully saturated rings. The average Bonchev–Trinajstić information content (AvgIpc) is 2.85. The quantitative estimate of drug-likeness (QED) is 0.206. The van der Waals surface area contributed by atoms with Crippen LogP contribution < -0.4 is 9.88 Å². The SMILES string of the molecule is C[C@@H](NC(=O)CCCCCCCCCCCCCC[n+]1ccccc1)[C@@H](O)c1ccccc1. The summed E-state index contributed by atoms with van der Waals surface area (Å²) in [7, 11) is 0. The lowest BCUT2D eigenvalue weighted by atomic mass is 10.0. The van der Waals surface area contributed by atoms with Gasteiger partial charge in [-0.1, -0.05) is 94.2 Å². The molecule has 2 atom stereocenters. The zero-order valence-corrected chi connectivity index (χ0v) is 20.6. The molecule has 4 nitrogen and oxygen atoms in total. The van der Waals surface area contributed by atoms with E-state index in [0.29, 0.717) is 6.42 Å². The summed E-state index contributed by atoms with van der Waals surface area (Å²) >= 11 is 0. The lowest BCUT2D eigenvalue weighted by molar-refractivity contribution is -0.697. The molecule has 0 saturated carbocycles. The van der Waals surface area contributed by atoms with E-state index < -0.39 is 6.10 Å². The third kappa shape index (κ3) is 12.6. The minimum atomic E-state index is -0.663. The summed E-state index contributed by atoms with van der Waals surface area (Å²) < 4.78 is 2.27. The number of unbranched alkanes of at least 4 members (excludes halogenated alkanes) is 11. The number of carbonyl (C=O) groups is 1. The molecular formula is C29H45N2O2+. The number of amides is 1. The van der Waals surface area contributed by atoms with Crippen LogP contribution in [-0.2, 0) is 11.3 Å². The van der Waals surface area contributed by atoms with Gasteiger partial charge in [-0.25, -0.2) is 4.57 Å². The number of nitrogens with one attached hydrogen (secondary N) is 1. The van der Waals surface area contributed by atoms with Crippen molar-refractivity contribution in [3.8, 4) is 0 Å². The Labute approximate surface area is 201 Å². The molecular weight excluding hydrogens is 408 g/mol. The molecule has 1 amide bonds. The van der Waals surface area contributed by atoms with Crippen molar-refractivity contribution < 1.29 is 14.5 Å². The molecule has 0 spiro atoms. The molecule has 33 heavy (non-hydrogen) atoms. The minimum Gasteiger partial charge on any atom is -0.386 e. The summed E-state index contributed by atoms with van der Waals surface area (Å²) in [6.07, 6.45) is 19.4. The molecule has 1 aromatic carbocycles. The molecule has 1 heterocycles. The van der Waals surface area contributed by atoms with Gasteiger partial charge >= 0.3 is 0 Å². The average molecular weight is 454 g/mol. The predicted molar refractivity (Wildman–Crippen MR) is 136 cm³/mol. The van der Waals surface area contributed by atoms with Crippen molar-refractivity contribution in [3.63, 3.8) is 0 Å². The van der Waals surface area contributed by atoms with Crippen molar-refractivity contribution in [2.75, 3.05) is 0 Å². The fourth-order valence-electron chi connectivity index (χ4n) is 4.28. The number of benzene rings is 1. The maximum absolute atomic E-state index is 12.1. The first-order chi connectivity index (χ1) is 16.2. The third-order valence-corrected chi connectivity index (χ3v) is 6.35. The van der Waals surface area contributed by atoms with Crippen LogP contribution in [0.5, 0.6) is 0 Å². The molecule has 4 heteroatoms. The van der Waals surface area contributed by atoms with Crippen LogP contribution in [0.25, 0.3) is 0 Å². The van der Waals surface area contributed by atoms with Crippen molar-refractivity contribution in [1.82, 2.24) is 5.32 Å². The van der Waals surface area contributed by atoms with Gasteiger partial charge in [0.05, 0.1) is 12.1 Å². The number of hydrogen-bond donors (Lipinski definition) is 2. The number of aryl methyl sites for hydroxylation is 1. The smallest absolute Gasteiger partial charge is 0.220 e. The number of nitrogens with zero attached hydrogens (tertiary/aromatic N) is 1. The molecule has 182 valence electrons. The first kappa shape index (κ1) is 27.0. The molecule has 1 aromatic heterocycles. The number of rotatable bonds is 18. The van der Waals surface area contributed by atoms with E-state index in [-0.39, 0.29) is 11.9 Å². The Hall–Kier alpha value is -2.20. The normalized spacial score (nSPS) is 12.9. The standard InChI is InChI=1S/C29H44N2O2/c1-26(29(33)27-20-14-12-15-21-27)30-28(32)22-16-10-8-6-4-2-3-5-7-9-11-17-23-31-24-18-13-19-25-31/h12-15,18-21,24-26,29,33H,2-11,16-17,22-23H2,1H3/p+1/t26-,29-/m1/s1. The summed E-state index contributed by atoms with van der Waals surface area (Å²) in [6, 6.07) is 15.5. The van der Waals surface area contributed by atoms with Crippen LogP contribution in [0.3, 0.4) is 0 Å². The number of aliphatic hydroxyl groups excluding tert-OH is 1. The van der Waals surface area contributed by atoms with Crippen molar-refractivity contribution in [2.45, 2.75) is 109 Å². The van der Waals surface area contributed by atoms with Gasteiger partial charge in [-0.05, 0) is 25.3 Å². The van der Waals surface area contributed by atoms with Gasteiger partial charge < -0.3 is 10.4 Å². The first-order valence-corrected chi connectivity index (χ1v) is 13.1. The fraction of sp³-hybridized carbons (Fsp3) is 0.586. The van der Waals surface area contributed by atoms with E-state index in [2.05, 4.69) is 40.5 Å². The topological polar surface area (TPSA) is 53.2 Å². The van der Waals surface area contributed by atoms with E-state index in [1.807, 2.05) is 37.3 Å². The van der Waals surface area contributed by atoms with E-state index >= 15 is 0 Å². The van der Waals surface area contributed by atoms with Crippen LogP contribution in [-0.4, -0.2) is 17.1 Å². The second-order valence-electron chi connectivity index (χ2n) is 9.32. The van der Waals surface area contributed by atoms with Crippen LogP contribution in [0.4, 0.5) is 0 Å². The summed E-state index contributed by atoms with van der Waals surface area (Å²) in [5.41, 5.74) is 0.840.